The smallest absolute Gasteiger partial charge is 0.0239 e. The van der Waals surface area contributed by atoms with E-state index in [0.29, 0.717) is 0 Å². The van der Waals surface area contributed by atoms with Crippen molar-refractivity contribution in [3.05, 3.63) is 35.9 Å². The second-order valence-electron chi connectivity index (χ2n) is 5.33. The van der Waals surface area contributed by atoms with Crippen LogP contribution in [0.1, 0.15) is 44.1 Å². The molecule has 1 aromatic carbocycles. The Balaban J connectivity index is 0.00000108. The van der Waals surface area contributed by atoms with Gasteiger partial charge in [-0.2, -0.15) is 0 Å². The van der Waals surface area contributed by atoms with Crippen LogP contribution in [-0.4, -0.2) is 17.0 Å². The van der Waals surface area contributed by atoms with Gasteiger partial charge in [0.05, 0.1) is 0 Å². The van der Waals surface area contributed by atoms with Crippen molar-refractivity contribution in [1.29, 1.82) is 0 Å². The molecular weight excluding hydrogens is 208 g/mol. The molecule has 2 saturated heterocycles. The molecule has 3 N–H and O–H groups in total. The third-order valence-electron chi connectivity index (χ3n) is 4.30. The van der Waals surface area contributed by atoms with Crippen molar-refractivity contribution in [1.82, 2.24) is 11.1 Å². The second kappa shape index (κ2) is 5.65. The molecule has 2 aliphatic rings. The Kier molecular flexibility index (Phi) is 4.19. The molecule has 0 atom stereocenters. The molecule has 94 valence electrons. The van der Waals surface area contributed by atoms with Gasteiger partial charge in [0.2, 0.25) is 0 Å². The average Bonchev–Trinajstić information content (AvgIpc) is 2.30. The molecular formula is C15H24N2. The number of fused-ring (bicyclic) bond motifs is 2. The van der Waals surface area contributed by atoms with E-state index in [1.54, 1.807) is 0 Å². The lowest BCUT2D eigenvalue weighted by atomic mass is 9.84. The monoisotopic (exact) mass is 232 g/mol. The minimum atomic E-state index is 0. The summed E-state index contributed by atoms with van der Waals surface area (Å²) < 4.78 is 0. The molecule has 2 nitrogen and oxygen atoms in total. The van der Waals surface area contributed by atoms with Gasteiger partial charge in [0.25, 0.3) is 0 Å². The lowest BCUT2D eigenvalue weighted by molar-refractivity contribution is 0.0332. The summed E-state index contributed by atoms with van der Waals surface area (Å²) in [6, 6.07) is 12.7. The van der Waals surface area contributed by atoms with Crippen LogP contribution in [0.2, 0.25) is 0 Å². The normalized spacial score (nSPS) is 28.5. The number of hydrogen-bond acceptors (Lipinski definition) is 2. The molecule has 0 amide bonds. The van der Waals surface area contributed by atoms with Crippen molar-refractivity contribution in [3.63, 3.8) is 0 Å². The average molecular weight is 232 g/mol. The third kappa shape index (κ3) is 2.70. The van der Waals surface area contributed by atoms with Gasteiger partial charge < -0.3 is 6.15 Å². The van der Waals surface area contributed by atoms with Crippen molar-refractivity contribution in [2.24, 2.45) is 0 Å². The molecule has 0 aliphatic carbocycles. The Morgan fingerprint density at radius 1 is 0.882 bits per heavy atom. The van der Waals surface area contributed by atoms with Crippen LogP contribution in [0.25, 0.3) is 0 Å². The van der Waals surface area contributed by atoms with E-state index in [4.69, 9.17) is 0 Å². The fourth-order valence-corrected chi connectivity index (χ4v) is 3.48. The Bertz CT molecular complexity index is 314. The number of rotatable bonds is 2. The molecule has 3 rings (SSSR count). The SMILES string of the molecule is N.c1ccc(CN2C3CCCC2CCC3)cc1. The zero-order valence-electron chi connectivity index (χ0n) is 10.6. The van der Waals surface area contributed by atoms with Gasteiger partial charge in [0, 0.05) is 18.6 Å². The predicted molar refractivity (Wildman–Crippen MR) is 72.3 cm³/mol. The number of nitrogens with zero attached hydrogens (tertiary/aromatic N) is 1. The van der Waals surface area contributed by atoms with E-state index in [-0.39, 0.29) is 6.15 Å². The molecule has 2 bridgehead atoms. The van der Waals surface area contributed by atoms with Crippen LogP contribution in [0, 0.1) is 0 Å². The van der Waals surface area contributed by atoms with Crippen molar-refractivity contribution in [2.45, 2.75) is 57.2 Å². The Labute approximate surface area is 105 Å². The lowest BCUT2D eigenvalue weighted by Gasteiger charge is -2.46. The number of piperidine rings is 2. The van der Waals surface area contributed by atoms with E-state index in [9.17, 15) is 0 Å². The van der Waals surface area contributed by atoms with E-state index >= 15 is 0 Å². The van der Waals surface area contributed by atoms with Crippen LogP contribution in [0.15, 0.2) is 30.3 Å². The van der Waals surface area contributed by atoms with Gasteiger partial charge in [-0.25, -0.2) is 0 Å². The van der Waals surface area contributed by atoms with Gasteiger partial charge in [-0.3, -0.25) is 4.90 Å². The summed E-state index contributed by atoms with van der Waals surface area (Å²) in [6.45, 7) is 1.18. The van der Waals surface area contributed by atoms with E-state index in [2.05, 4.69) is 35.2 Å². The van der Waals surface area contributed by atoms with Gasteiger partial charge in [-0.05, 0) is 31.2 Å². The van der Waals surface area contributed by atoms with Gasteiger partial charge in [0.15, 0.2) is 0 Å². The fourth-order valence-electron chi connectivity index (χ4n) is 3.48. The molecule has 2 heterocycles. The van der Waals surface area contributed by atoms with Crippen molar-refractivity contribution in [2.75, 3.05) is 0 Å². The second-order valence-corrected chi connectivity index (χ2v) is 5.33. The van der Waals surface area contributed by atoms with E-state index in [1.807, 2.05) is 0 Å². The minimum Gasteiger partial charge on any atom is -0.344 e. The van der Waals surface area contributed by atoms with E-state index in [0.717, 1.165) is 12.1 Å². The summed E-state index contributed by atoms with van der Waals surface area (Å²) in [4.78, 5) is 2.78. The maximum atomic E-state index is 2.78. The quantitative estimate of drug-likeness (QED) is 0.843. The van der Waals surface area contributed by atoms with Gasteiger partial charge >= 0.3 is 0 Å². The van der Waals surface area contributed by atoms with Crippen LogP contribution in [0.3, 0.4) is 0 Å². The van der Waals surface area contributed by atoms with Crippen LogP contribution < -0.4 is 6.15 Å². The topological polar surface area (TPSA) is 38.2 Å². The summed E-state index contributed by atoms with van der Waals surface area (Å²) >= 11 is 0. The molecule has 2 fully saturated rings. The summed E-state index contributed by atoms with van der Waals surface area (Å²) in [5, 5.41) is 0. The molecule has 2 aliphatic heterocycles. The first-order chi connectivity index (χ1) is 7.93. The van der Waals surface area contributed by atoms with Gasteiger partial charge in [-0.15, -0.1) is 0 Å². The highest BCUT2D eigenvalue weighted by Crippen LogP contribution is 2.34. The Morgan fingerprint density at radius 3 is 1.94 bits per heavy atom. The standard InChI is InChI=1S/C15H21N.H3N/c1-2-6-13(7-3-1)12-16-14-8-4-9-15(16)11-5-10-14;/h1-3,6-7,14-15H,4-5,8-12H2;1H3. The Morgan fingerprint density at radius 2 is 1.41 bits per heavy atom. The predicted octanol–water partition coefficient (Wildman–Crippen LogP) is 3.76. The van der Waals surface area contributed by atoms with E-state index < -0.39 is 0 Å². The summed E-state index contributed by atoms with van der Waals surface area (Å²) in [7, 11) is 0. The Hall–Kier alpha value is -0.860. The molecule has 0 saturated carbocycles. The van der Waals surface area contributed by atoms with E-state index in [1.165, 1.54) is 50.6 Å². The maximum absolute atomic E-state index is 2.78. The first-order valence-corrected chi connectivity index (χ1v) is 6.73. The van der Waals surface area contributed by atoms with Crippen LogP contribution in [0.5, 0.6) is 0 Å². The first kappa shape index (κ1) is 12.6. The highest BCUT2D eigenvalue weighted by atomic mass is 15.2. The molecule has 0 radical (unpaired) electrons. The molecule has 0 spiro atoms. The highest BCUT2D eigenvalue weighted by molar-refractivity contribution is 5.15. The number of benzene rings is 1. The maximum Gasteiger partial charge on any atom is 0.0239 e. The summed E-state index contributed by atoms with van der Waals surface area (Å²) in [5.74, 6) is 0. The van der Waals surface area contributed by atoms with Crippen LogP contribution >= 0.6 is 0 Å². The largest absolute Gasteiger partial charge is 0.344 e. The molecule has 0 unspecified atom stereocenters. The minimum absolute atomic E-state index is 0. The van der Waals surface area contributed by atoms with Crippen LogP contribution in [0.4, 0.5) is 0 Å². The fraction of sp³-hybridized carbons (Fsp3) is 0.600. The third-order valence-corrected chi connectivity index (χ3v) is 4.30. The van der Waals surface area contributed by atoms with Crippen molar-refractivity contribution in [3.8, 4) is 0 Å². The van der Waals surface area contributed by atoms with Gasteiger partial charge in [-0.1, -0.05) is 43.2 Å². The van der Waals surface area contributed by atoms with Crippen LogP contribution in [-0.2, 0) is 6.54 Å². The van der Waals surface area contributed by atoms with Crippen molar-refractivity contribution < 1.29 is 0 Å². The molecule has 1 aromatic rings. The zero-order chi connectivity index (χ0) is 10.8. The lowest BCUT2D eigenvalue weighted by Crippen LogP contribution is -2.48. The summed E-state index contributed by atoms with van der Waals surface area (Å²) in [6.07, 6.45) is 8.65. The molecule has 2 heteroatoms. The number of hydrogen-bond donors (Lipinski definition) is 1. The zero-order valence-corrected chi connectivity index (χ0v) is 10.6. The highest BCUT2D eigenvalue weighted by Gasteiger charge is 2.33. The summed E-state index contributed by atoms with van der Waals surface area (Å²) in [5.41, 5.74) is 1.49. The van der Waals surface area contributed by atoms with Crippen molar-refractivity contribution >= 4 is 0 Å². The van der Waals surface area contributed by atoms with Gasteiger partial charge in [0.1, 0.15) is 0 Å². The first-order valence-electron chi connectivity index (χ1n) is 6.73. The molecule has 0 aromatic heterocycles. The molecule has 17 heavy (non-hydrogen) atoms.